The third-order valence-corrected chi connectivity index (χ3v) is 3.58. The van der Waals surface area contributed by atoms with Crippen molar-refractivity contribution in [1.82, 2.24) is 5.32 Å². The van der Waals surface area contributed by atoms with Gasteiger partial charge in [0.05, 0.1) is 0 Å². The summed E-state index contributed by atoms with van der Waals surface area (Å²) in [5.41, 5.74) is 4.51. The van der Waals surface area contributed by atoms with Crippen molar-refractivity contribution < 1.29 is 4.79 Å². The highest BCUT2D eigenvalue weighted by Gasteiger charge is 2.18. The van der Waals surface area contributed by atoms with Gasteiger partial charge < -0.3 is 10.6 Å². The van der Waals surface area contributed by atoms with Crippen molar-refractivity contribution in [3.63, 3.8) is 0 Å². The first-order valence-electron chi connectivity index (χ1n) is 6.64. The number of carbonyl (C=O) groups excluding carboxylic acids is 1. The second-order valence-electron chi connectivity index (χ2n) is 5.38. The van der Waals surface area contributed by atoms with Gasteiger partial charge >= 0.3 is 0 Å². The van der Waals surface area contributed by atoms with Crippen molar-refractivity contribution in [2.24, 2.45) is 5.92 Å². The molecule has 98 valence electrons. The first kappa shape index (κ1) is 13.1. The topological polar surface area (TPSA) is 41.1 Å². The van der Waals surface area contributed by atoms with E-state index >= 15 is 0 Å². The molecule has 2 N–H and O–H groups in total. The maximum atomic E-state index is 12.0. The number of amides is 1. The van der Waals surface area contributed by atoms with Crippen LogP contribution >= 0.6 is 0 Å². The van der Waals surface area contributed by atoms with Crippen LogP contribution in [0.4, 0.5) is 5.69 Å². The lowest BCUT2D eigenvalue weighted by Gasteiger charge is -2.14. The van der Waals surface area contributed by atoms with Crippen LogP contribution in [0.2, 0.25) is 0 Å². The van der Waals surface area contributed by atoms with E-state index < -0.39 is 0 Å². The Morgan fingerprint density at radius 2 is 2.00 bits per heavy atom. The van der Waals surface area contributed by atoms with Crippen LogP contribution in [-0.4, -0.2) is 19.0 Å². The molecule has 1 fully saturated rings. The van der Waals surface area contributed by atoms with Gasteiger partial charge in [-0.15, -0.1) is 0 Å². The van der Waals surface area contributed by atoms with Crippen LogP contribution in [0.25, 0.3) is 0 Å². The van der Waals surface area contributed by atoms with Crippen molar-refractivity contribution >= 4 is 11.6 Å². The lowest BCUT2D eigenvalue weighted by Crippen LogP contribution is -2.19. The predicted molar refractivity (Wildman–Crippen MR) is 74.9 cm³/mol. The van der Waals surface area contributed by atoms with Crippen LogP contribution in [-0.2, 0) is 4.79 Å². The third-order valence-electron chi connectivity index (χ3n) is 3.58. The van der Waals surface area contributed by atoms with E-state index in [1.165, 1.54) is 5.56 Å². The van der Waals surface area contributed by atoms with E-state index in [2.05, 4.69) is 29.7 Å². The van der Waals surface area contributed by atoms with Crippen LogP contribution < -0.4 is 10.6 Å². The average molecular weight is 246 g/mol. The molecular weight excluding hydrogens is 224 g/mol. The maximum absolute atomic E-state index is 12.0. The van der Waals surface area contributed by atoms with E-state index in [9.17, 15) is 4.79 Å². The molecule has 1 aliphatic heterocycles. The van der Waals surface area contributed by atoms with E-state index in [-0.39, 0.29) is 5.91 Å². The average Bonchev–Trinajstić information content (AvgIpc) is 2.76. The van der Waals surface area contributed by atoms with Gasteiger partial charge in [0, 0.05) is 12.1 Å². The quantitative estimate of drug-likeness (QED) is 0.860. The summed E-state index contributed by atoms with van der Waals surface area (Å²) in [5.74, 6) is 0.634. The van der Waals surface area contributed by atoms with E-state index in [1.807, 2.05) is 13.8 Å². The van der Waals surface area contributed by atoms with Crippen LogP contribution in [0, 0.1) is 26.7 Å². The molecule has 1 atom stereocenters. The first-order chi connectivity index (χ1) is 8.56. The summed E-state index contributed by atoms with van der Waals surface area (Å²) in [5, 5.41) is 6.36. The van der Waals surface area contributed by atoms with Gasteiger partial charge in [-0.05, 0) is 57.3 Å². The van der Waals surface area contributed by atoms with Crippen LogP contribution in [0.1, 0.15) is 29.5 Å². The molecule has 2 rings (SSSR count). The molecule has 0 bridgehead atoms. The maximum Gasteiger partial charge on any atom is 0.224 e. The molecule has 1 amide bonds. The van der Waals surface area contributed by atoms with Gasteiger partial charge in [0.15, 0.2) is 0 Å². The molecule has 0 saturated carbocycles. The second-order valence-corrected chi connectivity index (χ2v) is 5.38. The standard InChI is InChI=1S/C15H22N2O/c1-10-6-11(2)15(12(3)7-10)17-14(18)8-13-4-5-16-9-13/h6-7,13,16H,4-5,8-9H2,1-3H3,(H,17,18). The lowest BCUT2D eigenvalue weighted by atomic mass is 10.0. The molecule has 1 heterocycles. The summed E-state index contributed by atoms with van der Waals surface area (Å²) < 4.78 is 0. The first-order valence-corrected chi connectivity index (χ1v) is 6.64. The molecule has 1 saturated heterocycles. The van der Waals surface area contributed by atoms with Crippen molar-refractivity contribution in [2.75, 3.05) is 18.4 Å². The highest BCUT2D eigenvalue weighted by atomic mass is 16.1. The zero-order chi connectivity index (χ0) is 13.1. The van der Waals surface area contributed by atoms with Crippen molar-refractivity contribution in [2.45, 2.75) is 33.6 Å². The smallest absolute Gasteiger partial charge is 0.224 e. The molecule has 1 aromatic rings. The molecule has 3 nitrogen and oxygen atoms in total. The fraction of sp³-hybridized carbons (Fsp3) is 0.533. The second kappa shape index (κ2) is 5.53. The normalized spacial score (nSPS) is 18.9. The SMILES string of the molecule is Cc1cc(C)c(NC(=O)CC2CCNC2)c(C)c1. The summed E-state index contributed by atoms with van der Waals surface area (Å²) >= 11 is 0. The Balaban J connectivity index is 2.02. The molecule has 0 radical (unpaired) electrons. The minimum atomic E-state index is 0.138. The third kappa shape index (κ3) is 3.10. The van der Waals surface area contributed by atoms with E-state index in [4.69, 9.17) is 0 Å². The molecule has 0 spiro atoms. The van der Waals surface area contributed by atoms with E-state index in [0.717, 1.165) is 36.3 Å². The Hall–Kier alpha value is -1.35. The Bertz CT molecular complexity index is 425. The summed E-state index contributed by atoms with van der Waals surface area (Å²) in [4.78, 5) is 12.0. The highest BCUT2D eigenvalue weighted by molar-refractivity contribution is 5.92. The molecule has 18 heavy (non-hydrogen) atoms. The van der Waals surface area contributed by atoms with Gasteiger partial charge in [0.2, 0.25) is 5.91 Å². The van der Waals surface area contributed by atoms with Gasteiger partial charge in [0.1, 0.15) is 0 Å². The van der Waals surface area contributed by atoms with Gasteiger partial charge in [0.25, 0.3) is 0 Å². The van der Waals surface area contributed by atoms with Crippen LogP contribution in [0.5, 0.6) is 0 Å². The molecule has 3 heteroatoms. The summed E-state index contributed by atoms with van der Waals surface area (Å²) in [6.07, 6.45) is 1.74. The molecule has 1 unspecified atom stereocenters. The zero-order valence-electron chi connectivity index (χ0n) is 11.5. The molecule has 1 aliphatic rings. The molecule has 1 aromatic carbocycles. The van der Waals surface area contributed by atoms with Crippen molar-refractivity contribution in [3.8, 4) is 0 Å². The van der Waals surface area contributed by atoms with Gasteiger partial charge in [-0.2, -0.15) is 0 Å². The Kier molecular flexibility index (Phi) is 4.02. The number of anilines is 1. The number of carbonyl (C=O) groups is 1. The minimum Gasteiger partial charge on any atom is -0.326 e. The Morgan fingerprint density at radius 1 is 1.33 bits per heavy atom. The molecular formula is C15H22N2O. The Morgan fingerprint density at radius 3 is 2.56 bits per heavy atom. The van der Waals surface area contributed by atoms with Gasteiger partial charge in [-0.1, -0.05) is 17.7 Å². The largest absolute Gasteiger partial charge is 0.326 e. The van der Waals surface area contributed by atoms with Crippen LogP contribution in [0.15, 0.2) is 12.1 Å². The number of aryl methyl sites for hydroxylation is 3. The fourth-order valence-corrected chi connectivity index (χ4v) is 2.72. The molecule has 0 aliphatic carbocycles. The summed E-state index contributed by atoms with van der Waals surface area (Å²) in [6, 6.07) is 4.22. The van der Waals surface area contributed by atoms with Crippen molar-refractivity contribution in [3.05, 3.63) is 28.8 Å². The lowest BCUT2D eigenvalue weighted by molar-refractivity contribution is -0.117. The predicted octanol–water partition coefficient (Wildman–Crippen LogP) is 2.55. The zero-order valence-corrected chi connectivity index (χ0v) is 11.5. The number of nitrogens with one attached hydrogen (secondary N) is 2. The Labute approximate surface area is 109 Å². The molecule has 0 aromatic heterocycles. The monoisotopic (exact) mass is 246 g/mol. The number of benzene rings is 1. The van der Waals surface area contributed by atoms with Gasteiger partial charge in [-0.25, -0.2) is 0 Å². The summed E-state index contributed by atoms with van der Waals surface area (Å²) in [7, 11) is 0. The summed E-state index contributed by atoms with van der Waals surface area (Å²) in [6.45, 7) is 8.19. The fourth-order valence-electron chi connectivity index (χ4n) is 2.72. The van der Waals surface area contributed by atoms with E-state index in [0.29, 0.717) is 12.3 Å². The van der Waals surface area contributed by atoms with Gasteiger partial charge in [-0.3, -0.25) is 4.79 Å². The highest BCUT2D eigenvalue weighted by Crippen LogP contribution is 2.23. The number of hydrogen-bond acceptors (Lipinski definition) is 2. The van der Waals surface area contributed by atoms with Crippen molar-refractivity contribution in [1.29, 1.82) is 0 Å². The number of rotatable bonds is 3. The minimum absolute atomic E-state index is 0.138. The van der Waals surface area contributed by atoms with Crippen LogP contribution in [0.3, 0.4) is 0 Å². The van der Waals surface area contributed by atoms with E-state index in [1.54, 1.807) is 0 Å². The number of hydrogen-bond donors (Lipinski definition) is 2.